The Labute approximate surface area is 185 Å². The summed E-state index contributed by atoms with van der Waals surface area (Å²) in [5.41, 5.74) is 2.99. The van der Waals surface area contributed by atoms with Crippen molar-refractivity contribution < 1.29 is 23.5 Å². The number of aryl methyl sites for hydroxylation is 1. The van der Waals surface area contributed by atoms with E-state index in [-0.39, 0.29) is 0 Å². The van der Waals surface area contributed by atoms with Crippen LogP contribution in [0, 0.1) is 13.8 Å². The van der Waals surface area contributed by atoms with Gasteiger partial charge in [-0.1, -0.05) is 17.3 Å². The lowest BCUT2D eigenvalue weighted by molar-refractivity contribution is 0.324. The Hall–Kier alpha value is -4.01. The number of nitrogens with zero attached hydrogens (tertiary/aromatic N) is 4. The molecule has 0 bridgehead atoms. The fraction of sp³-hybridized carbons (Fsp3) is 0.261. The molecular weight excluding hydrogens is 412 g/mol. The highest BCUT2D eigenvalue weighted by Gasteiger charge is 2.22. The molecule has 2 heterocycles. The summed E-state index contributed by atoms with van der Waals surface area (Å²) in [6, 6.07) is 11.3. The molecule has 0 atom stereocenters. The second-order valence-corrected chi connectivity index (χ2v) is 6.94. The van der Waals surface area contributed by atoms with Crippen LogP contribution in [0.3, 0.4) is 0 Å². The third-order valence-electron chi connectivity index (χ3n) is 5.15. The van der Waals surface area contributed by atoms with Gasteiger partial charge in [0.2, 0.25) is 11.6 Å². The zero-order chi connectivity index (χ0) is 22.8. The molecule has 0 N–H and O–H groups in total. The molecule has 0 saturated carbocycles. The normalized spacial score (nSPS) is 10.8. The topological polar surface area (TPSA) is 93.7 Å². The summed E-state index contributed by atoms with van der Waals surface area (Å²) in [4.78, 5) is 9.25. The van der Waals surface area contributed by atoms with E-state index in [0.29, 0.717) is 40.2 Å². The number of hydrogen-bond donors (Lipinski definition) is 0. The summed E-state index contributed by atoms with van der Waals surface area (Å²) in [5.74, 6) is 3.69. The number of imidazole rings is 1. The van der Waals surface area contributed by atoms with Crippen LogP contribution in [0.25, 0.3) is 28.7 Å². The molecule has 0 fully saturated rings. The van der Waals surface area contributed by atoms with Gasteiger partial charge in [0.05, 0.1) is 39.8 Å². The van der Waals surface area contributed by atoms with Crippen LogP contribution < -0.4 is 18.9 Å². The highest BCUT2D eigenvalue weighted by molar-refractivity contribution is 5.68. The van der Waals surface area contributed by atoms with Crippen molar-refractivity contribution in [3.8, 4) is 51.7 Å². The molecule has 0 aliphatic heterocycles. The van der Waals surface area contributed by atoms with Gasteiger partial charge >= 0.3 is 0 Å². The fourth-order valence-electron chi connectivity index (χ4n) is 3.66. The number of hydrogen-bond acceptors (Lipinski definition) is 8. The molecule has 0 radical (unpaired) electrons. The average Bonchev–Trinajstić information content (AvgIpc) is 3.42. The lowest BCUT2D eigenvalue weighted by atomic mass is 10.1. The molecule has 0 amide bonds. The molecule has 9 nitrogen and oxygen atoms in total. The van der Waals surface area contributed by atoms with Crippen LogP contribution >= 0.6 is 0 Å². The van der Waals surface area contributed by atoms with E-state index in [1.807, 2.05) is 42.7 Å². The fourth-order valence-corrected chi connectivity index (χ4v) is 3.66. The number of benzene rings is 2. The van der Waals surface area contributed by atoms with Gasteiger partial charge in [0.15, 0.2) is 11.5 Å². The molecule has 0 spiro atoms. The van der Waals surface area contributed by atoms with E-state index in [1.54, 1.807) is 40.6 Å². The molecule has 2 aromatic carbocycles. The summed E-state index contributed by atoms with van der Waals surface area (Å²) < 4.78 is 29.3. The van der Waals surface area contributed by atoms with Gasteiger partial charge in [-0.25, -0.2) is 4.98 Å². The van der Waals surface area contributed by atoms with Crippen molar-refractivity contribution in [2.24, 2.45) is 0 Å². The first-order valence-electron chi connectivity index (χ1n) is 9.86. The standard InChI is InChI=1S/C23H24N4O5/c1-13-20(24-14(2)27(13)16-9-7-8-10-17(16)28-3)23-25-22(26-32-23)15-11-18(29-4)21(31-6)19(12-15)30-5/h7-12H,1-6H3. The van der Waals surface area contributed by atoms with Gasteiger partial charge in [-0.3, -0.25) is 4.57 Å². The van der Waals surface area contributed by atoms with Crippen molar-refractivity contribution in [2.45, 2.75) is 13.8 Å². The first-order valence-corrected chi connectivity index (χ1v) is 9.86. The Morgan fingerprint density at radius 3 is 2.09 bits per heavy atom. The molecule has 0 unspecified atom stereocenters. The molecule has 9 heteroatoms. The highest BCUT2D eigenvalue weighted by atomic mass is 16.5. The molecule has 32 heavy (non-hydrogen) atoms. The number of methoxy groups -OCH3 is 4. The summed E-state index contributed by atoms with van der Waals surface area (Å²) in [6.07, 6.45) is 0. The third kappa shape index (κ3) is 3.51. The Morgan fingerprint density at radius 1 is 0.812 bits per heavy atom. The van der Waals surface area contributed by atoms with Crippen molar-refractivity contribution in [3.05, 3.63) is 47.9 Å². The maximum Gasteiger partial charge on any atom is 0.278 e. The van der Waals surface area contributed by atoms with Gasteiger partial charge in [-0.2, -0.15) is 4.98 Å². The van der Waals surface area contributed by atoms with Crippen LogP contribution in [-0.2, 0) is 0 Å². The lowest BCUT2D eigenvalue weighted by Gasteiger charge is -2.12. The average molecular weight is 436 g/mol. The summed E-state index contributed by atoms with van der Waals surface area (Å²) in [7, 11) is 6.30. The summed E-state index contributed by atoms with van der Waals surface area (Å²) in [6.45, 7) is 3.87. The van der Waals surface area contributed by atoms with Crippen molar-refractivity contribution in [2.75, 3.05) is 28.4 Å². The molecular formula is C23H24N4O5. The zero-order valence-electron chi connectivity index (χ0n) is 18.8. The first-order chi connectivity index (χ1) is 15.5. The van der Waals surface area contributed by atoms with Crippen molar-refractivity contribution >= 4 is 0 Å². The monoisotopic (exact) mass is 436 g/mol. The second kappa shape index (κ2) is 8.62. The van der Waals surface area contributed by atoms with Crippen LogP contribution in [0.5, 0.6) is 23.0 Å². The van der Waals surface area contributed by atoms with E-state index < -0.39 is 0 Å². The molecule has 4 rings (SSSR count). The SMILES string of the molecule is COc1ccccc1-n1c(C)nc(-c2nc(-c3cc(OC)c(OC)c(OC)c3)no2)c1C. The van der Waals surface area contributed by atoms with Crippen molar-refractivity contribution in [3.63, 3.8) is 0 Å². The Kier molecular flexibility index (Phi) is 5.72. The lowest BCUT2D eigenvalue weighted by Crippen LogP contribution is -2.02. The van der Waals surface area contributed by atoms with Crippen molar-refractivity contribution in [1.82, 2.24) is 19.7 Å². The Balaban J connectivity index is 1.77. The molecule has 0 saturated heterocycles. The second-order valence-electron chi connectivity index (χ2n) is 6.94. The minimum absolute atomic E-state index is 0.308. The third-order valence-corrected chi connectivity index (χ3v) is 5.15. The van der Waals surface area contributed by atoms with Crippen LogP contribution in [-0.4, -0.2) is 48.1 Å². The van der Waals surface area contributed by atoms with E-state index in [9.17, 15) is 0 Å². The summed E-state index contributed by atoms with van der Waals surface area (Å²) in [5, 5.41) is 4.14. The smallest absolute Gasteiger partial charge is 0.278 e. The number of para-hydroxylation sites is 2. The molecule has 2 aromatic heterocycles. The van der Waals surface area contributed by atoms with Gasteiger partial charge in [0.1, 0.15) is 17.3 Å². The molecule has 166 valence electrons. The summed E-state index contributed by atoms with van der Waals surface area (Å²) >= 11 is 0. The van der Waals surface area contributed by atoms with Gasteiger partial charge in [-0.05, 0) is 38.1 Å². The predicted octanol–water partition coefficient (Wildman–Crippen LogP) is 4.24. The largest absolute Gasteiger partial charge is 0.495 e. The van der Waals surface area contributed by atoms with Gasteiger partial charge in [0, 0.05) is 5.56 Å². The van der Waals surface area contributed by atoms with Crippen LogP contribution in [0.15, 0.2) is 40.9 Å². The molecule has 0 aliphatic rings. The van der Waals surface area contributed by atoms with Gasteiger partial charge in [-0.15, -0.1) is 0 Å². The van der Waals surface area contributed by atoms with Gasteiger partial charge in [0.25, 0.3) is 5.89 Å². The van der Waals surface area contributed by atoms with E-state index in [4.69, 9.17) is 23.5 Å². The minimum atomic E-state index is 0.308. The van der Waals surface area contributed by atoms with Crippen LogP contribution in [0.2, 0.25) is 0 Å². The Bertz CT molecular complexity index is 1240. The van der Waals surface area contributed by atoms with Crippen LogP contribution in [0.4, 0.5) is 0 Å². The van der Waals surface area contributed by atoms with Crippen LogP contribution in [0.1, 0.15) is 11.5 Å². The Morgan fingerprint density at radius 2 is 1.47 bits per heavy atom. The van der Waals surface area contributed by atoms with E-state index >= 15 is 0 Å². The zero-order valence-corrected chi connectivity index (χ0v) is 18.8. The van der Waals surface area contributed by atoms with Gasteiger partial charge < -0.3 is 23.5 Å². The number of aromatic nitrogens is 4. The highest BCUT2D eigenvalue weighted by Crippen LogP contribution is 2.41. The number of ether oxygens (including phenoxy) is 4. The van der Waals surface area contributed by atoms with Crippen molar-refractivity contribution in [1.29, 1.82) is 0 Å². The van der Waals surface area contributed by atoms with E-state index in [1.165, 1.54) is 0 Å². The predicted molar refractivity (Wildman–Crippen MR) is 118 cm³/mol. The number of rotatable bonds is 7. The molecule has 0 aliphatic carbocycles. The van der Waals surface area contributed by atoms with E-state index in [2.05, 4.69) is 15.1 Å². The quantitative estimate of drug-likeness (QED) is 0.425. The maximum absolute atomic E-state index is 5.57. The minimum Gasteiger partial charge on any atom is -0.495 e. The first kappa shape index (κ1) is 21.2. The maximum atomic E-state index is 5.57. The molecule has 4 aromatic rings. The van der Waals surface area contributed by atoms with E-state index in [0.717, 1.165) is 23.0 Å².